The maximum absolute atomic E-state index is 12.7. The van der Waals surface area contributed by atoms with E-state index in [2.05, 4.69) is 15.4 Å². The minimum Gasteiger partial charge on any atom is -0.467 e. The van der Waals surface area contributed by atoms with E-state index in [0.29, 0.717) is 5.76 Å². The average Bonchev–Trinajstić information content (AvgIpc) is 3.38. The van der Waals surface area contributed by atoms with Gasteiger partial charge in [-0.15, -0.1) is 0 Å². The molecule has 0 atom stereocenters. The van der Waals surface area contributed by atoms with E-state index in [1.165, 1.54) is 41.7 Å². The Balaban J connectivity index is 1.62. The molecule has 0 spiro atoms. The van der Waals surface area contributed by atoms with Crippen molar-refractivity contribution in [3.8, 4) is 5.69 Å². The Morgan fingerprint density at radius 2 is 2.07 bits per heavy atom. The number of hydrogen-bond acceptors (Lipinski definition) is 7. The first-order valence-electron chi connectivity index (χ1n) is 8.50. The second-order valence-corrected chi connectivity index (χ2v) is 6.07. The number of nitro groups is 1. The number of para-hydroxylation sites is 2. The number of nitrogens with zero attached hydrogens (tertiary/aromatic N) is 5. The fourth-order valence-electron chi connectivity index (χ4n) is 2.84. The Morgan fingerprint density at radius 1 is 1.24 bits per heavy atom. The fraction of sp³-hybridized carbons (Fsp3) is 0.111. The minimum atomic E-state index is -0.534. The third kappa shape index (κ3) is 3.48. The van der Waals surface area contributed by atoms with Gasteiger partial charge in [0.15, 0.2) is 5.65 Å². The van der Waals surface area contributed by atoms with Crippen molar-refractivity contribution >= 4 is 22.6 Å². The molecule has 3 heterocycles. The van der Waals surface area contributed by atoms with Gasteiger partial charge >= 0.3 is 0 Å². The predicted octanol–water partition coefficient (Wildman–Crippen LogP) is 1.40. The molecule has 1 amide bonds. The Bertz CT molecular complexity index is 1260. The summed E-state index contributed by atoms with van der Waals surface area (Å²) in [7, 11) is 0. The molecule has 0 fully saturated rings. The van der Waals surface area contributed by atoms with Crippen LogP contribution in [-0.4, -0.2) is 30.2 Å². The van der Waals surface area contributed by atoms with Crippen molar-refractivity contribution in [1.29, 1.82) is 0 Å². The molecule has 4 rings (SSSR count). The summed E-state index contributed by atoms with van der Waals surface area (Å²) < 4.78 is 7.51. The van der Waals surface area contributed by atoms with Crippen LogP contribution in [0.5, 0.6) is 0 Å². The van der Waals surface area contributed by atoms with Crippen LogP contribution in [0.15, 0.2) is 64.4 Å². The topological polar surface area (TPSA) is 138 Å². The second-order valence-electron chi connectivity index (χ2n) is 6.07. The Labute approximate surface area is 162 Å². The highest BCUT2D eigenvalue weighted by molar-refractivity contribution is 5.78. The first-order chi connectivity index (χ1) is 14.0. The van der Waals surface area contributed by atoms with E-state index in [0.717, 1.165) is 4.57 Å². The molecule has 0 bridgehead atoms. The number of furan rings is 1. The molecule has 0 radical (unpaired) electrons. The number of fused-ring (bicyclic) bond motifs is 1. The van der Waals surface area contributed by atoms with Crippen LogP contribution in [0, 0.1) is 10.1 Å². The van der Waals surface area contributed by atoms with Gasteiger partial charge in [-0.05, 0) is 18.2 Å². The molecule has 11 nitrogen and oxygen atoms in total. The van der Waals surface area contributed by atoms with E-state index in [9.17, 15) is 19.7 Å². The van der Waals surface area contributed by atoms with E-state index in [-0.39, 0.29) is 35.5 Å². The van der Waals surface area contributed by atoms with Crippen molar-refractivity contribution < 1.29 is 14.1 Å². The Hall–Kier alpha value is -4.28. The minimum absolute atomic E-state index is 0.143. The number of carbonyl (C=O) groups excluding carboxylic acids is 1. The molecule has 1 N–H and O–H groups in total. The second kappa shape index (κ2) is 7.38. The van der Waals surface area contributed by atoms with Gasteiger partial charge in [-0.25, -0.2) is 9.67 Å². The van der Waals surface area contributed by atoms with Gasteiger partial charge in [-0.3, -0.25) is 24.3 Å². The molecule has 146 valence electrons. The molecule has 0 aliphatic carbocycles. The molecule has 0 unspecified atom stereocenters. The highest BCUT2D eigenvalue weighted by atomic mass is 16.6. The highest BCUT2D eigenvalue weighted by Gasteiger charge is 2.19. The van der Waals surface area contributed by atoms with Gasteiger partial charge in [0.2, 0.25) is 5.91 Å². The summed E-state index contributed by atoms with van der Waals surface area (Å²) in [5.41, 5.74) is -0.293. The lowest BCUT2D eigenvalue weighted by molar-refractivity contribution is -0.384. The summed E-state index contributed by atoms with van der Waals surface area (Å²) in [6.45, 7) is -0.0367. The van der Waals surface area contributed by atoms with E-state index in [1.807, 2.05) is 0 Å². The van der Waals surface area contributed by atoms with Crippen molar-refractivity contribution in [2.45, 2.75) is 13.1 Å². The lowest BCUT2D eigenvalue weighted by Crippen LogP contribution is -2.32. The summed E-state index contributed by atoms with van der Waals surface area (Å²) in [6.07, 6.45) is 3.99. The standard InChI is InChI=1S/C18H14N6O5/c25-16(19-8-12-4-3-7-29-12)10-22-11-20-17-13(18(22)26)9-21-23(17)14-5-1-2-6-15(14)24(27)28/h1-7,9,11H,8,10H2,(H,19,25). The summed E-state index contributed by atoms with van der Waals surface area (Å²) >= 11 is 0. The molecule has 0 saturated carbocycles. The largest absolute Gasteiger partial charge is 0.467 e. The van der Waals surface area contributed by atoms with Crippen LogP contribution in [0.2, 0.25) is 0 Å². The average molecular weight is 394 g/mol. The van der Waals surface area contributed by atoms with E-state index in [4.69, 9.17) is 4.42 Å². The van der Waals surface area contributed by atoms with E-state index < -0.39 is 16.4 Å². The third-order valence-electron chi connectivity index (χ3n) is 4.21. The normalized spacial score (nSPS) is 10.9. The number of hydrogen-bond donors (Lipinski definition) is 1. The quantitative estimate of drug-likeness (QED) is 0.385. The molecular weight excluding hydrogens is 380 g/mol. The number of benzene rings is 1. The van der Waals surface area contributed by atoms with E-state index >= 15 is 0 Å². The zero-order valence-electron chi connectivity index (χ0n) is 14.9. The first-order valence-corrected chi connectivity index (χ1v) is 8.50. The van der Waals surface area contributed by atoms with Gasteiger partial charge in [-0.2, -0.15) is 5.10 Å². The third-order valence-corrected chi connectivity index (χ3v) is 4.21. The molecule has 29 heavy (non-hydrogen) atoms. The van der Waals surface area contributed by atoms with Crippen LogP contribution < -0.4 is 10.9 Å². The number of amides is 1. The van der Waals surface area contributed by atoms with Gasteiger partial charge < -0.3 is 9.73 Å². The zero-order chi connectivity index (χ0) is 20.4. The number of nitro benzene ring substituents is 1. The van der Waals surface area contributed by atoms with Crippen LogP contribution >= 0.6 is 0 Å². The Morgan fingerprint density at radius 3 is 2.83 bits per heavy atom. The maximum Gasteiger partial charge on any atom is 0.294 e. The molecule has 11 heteroatoms. The smallest absolute Gasteiger partial charge is 0.294 e. The lowest BCUT2D eigenvalue weighted by Gasteiger charge is -2.07. The molecule has 0 saturated heterocycles. The Kier molecular flexibility index (Phi) is 4.61. The van der Waals surface area contributed by atoms with Gasteiger partial charge in [-0.1, -0.05) is 12.1 Å². The van der Waals surface area contributed by atoms with Crippen LogP contribution in [-0.2, 0) is 17.9 Å². The van der Waals surface area contributed by atoms with Crippen molar-refractivity contribution in [3.05, 3.63) is 81.4 Å². The van der Waals surface area contributed by atoms with Crippen LogP contribution in [0.1, 0.15) is 5.76 Å². The molecule has 3 aromatic heterocycles. The van der Waals surface area contributed by atoms with Crippen LogP contribution in [0.4, 0.5) is 5.69 Å². The van der Waals surface area contributed by atoms with E-state index in [1.54, 1.807) is 18.2 Å². The number of rotatable bonds is 6. The van der Waals surface area contributed by atoms with Gasteiger partial charge in [0.05, 0.1) is 23.9 Å². The van der Waals surface area contributed by atoms with Crippen molar-refractivity contribution in [1.82, 2.24) is 24.6 Å². The summed E-state index contributed by atoms with van der Waals surface area (Å²) in [5.74, 6) is 0.195. The van der Waals surface area contributed by atoms with Crippen molar-refractivity contribution in [2.75, 3.05) is 0 Å². The monoisotopic (exact) mass is 394 g/mol. The van der Waals surface area contributed by atoms with Crippen molar-refractivity contribution in [3.63, 3.8) is 0 Å². The number of carbonyl (C=O) groups is 1. The maximum atomic E-state index is 12.7. The van der Waals surface area contributed by atoms with Crippen LogP contribution in [0.3, 0.4) is 0 Å². The fourth-order valence-corrected chi connectivity index (χ4v) is 2.84. The molecule has 0 aliphatic heterocycles. The highest BCUT2D eigenvalue weighted by Crippen LogP contribution is 2.23. The lowest BCUT2D eigenvalue weighted by atomic mass is 10.2. The first kappa shape index (κ1) is 18.1. The molecular formula is C18H14N6O5. The van der Waals surface area contributed by atoms with Gasteiger partial charge in [0.25, 0.3) is 11.2 Å². The predicted molar refractivity (Wildman–Crippen MR) is 100 cm³/mol. The molecule has 1 aromatic carbocycles. The number of aromatic nitrogens is 4. The van der Waals surface area contributed by atoms with Gasteiger partial charge in [0, 0.05) is 6.07 Å². The summed E-state index contributed by atoms with van der Waals surface area (Å²) in [5, 5.41) is 18.1. The SMILES string of the molecule is O=C(Cn1cnc2c(cnn2-c2ccccc2[N+](=O)[O-])c1=O)NCc1ccco1. The van der Waals surface area contributed by atoms with Crippen LogP contribution in [0.25, 0.3) is 16.7 Å². The zero-order valence-corrected chi connectivity index (χ0v) is 14.9. The van der Waals surface area contributed by atoms with Gasteiger partial charge in [0.1, 0.15) is 29.7 Å². The molecule has 0 aliphatic rings. The summed E-state index contributed by atoms with van der Waals surface area (Å²) in [6, 6.07) is 9.44. The summed E-state index contributed by atoms with van der Waals surface area (Å²) in [4.78, 5) is 39.7. The van der Waals surface area contributed by atoms with Crippen molar-refractivity contribution in [2.24, 2.45) is 0 Å². The number of nitrogens with one attached hydrogen (secondary N) is 1. The molecule has 4 aromatic rings.